The zero-order valence-corrected chi connectivity index (χ0v) is 23.8. The molecule has 0 aliphatic carbocycles. The maximum atomic E-state index is 12.9. The van der Waals surface area contributed by atoms with Gasteiger partial charge >= 0.3 is 0 Å². The molecule has 0 saturated carbocycles. The third-order valence-corrected chi connectivity index (χ3v) is 7.10. The highest BCUT2D eigenvalue weighted by Crippen LogP contribution is 2.31. The molecule has 1 N–H and O–H groups in total. The Morgan fingerprint density at radius 3 is 2.29 bits per heavy atom. The van der Waals surface area contributed by atoms with Crippen LogP contribution in [0.4, 0.5) is 5.69 Å². The third-order valence-electron chi connectivity index (χ3n) is 7.10. The number of rotatable bonds is 8. The molecule has 0 aliphatic heterocycles. The SMILES string of the molecule is CCCC(C)(C)N(Cc1ccc2cc(NC(=O)c3ccc(-c4ccc(C)cc4)nc3)ccc2n1)C(C)(C)C. The Hall–Kier alpha value is -3.57. The van der Waals surface area contributed by atoms with Crippen molar-refractivity contribution < 1.29 is 4.79 Å². The van der Waals surface area contributed by atoms with Crippen molar-refractivity contribution in [1.82, 2.24) is 14.9 Å². The number of pyridine rings is 2. The molecule has 0 fully saturated rings. The fraction of sp³-hybridized carbons (Fsp3) is 0.364. The number of anilines is 1. The van der Waals surface area contributed by atoms with E-state index in [-0.39, 0.29) is 17.0 Å². The Morgan fingerprint density at radius 1 is 0.921 bits per heavy atom. The first-order chi connectivity index (χ1) is 18.0. The van der Waals surface area contributed by atoms with Gasteiger partial charge in [-0.25, -0.2) is 0 Å². The molecule has 0 saturated heterocycles. The molecule has 5 nitrogen and oxygen atoms in total. The lowest BCUT2D eigenvalue weighted by Crippen LogP contribution is -2.53. The Bertz CT molecular complexity index is 1400. The minimum absolute atomic E-state index is 0.0244. The minimum atomic E-state index is -0.184. The molecule has 4 aromatic rings. The number of hydrogen-bond acceptors (Lipinski definition) is 4. The average Bonchev–Trinajstić information content (AvgIpc) is 2.87. The topological polar surface area (TPSA) is 58.1 Å². The standard InChI is InChI=1S/C33H40N4O/c1-8-19-33(6,7)37(32(3,4)5)22-28-15-13-25-20-27(16-18-30(25)35-28)36-31(38)26-14-17-29(34-21-26)24-11-9-23(2)10-12-24/h9-18,20-21H,8,19,22H2,1-7H3,(H,36,38). The predicted octanol–water partition coefficient (Wildman–Crippen LogP) is 8.04. The molecule has 2 aromatic heterocycles. The lowest BCUT2D eigenvalue weighted by atomic mass is 9.90. The summed E-state index contributed by atoms with van der Waals surface area (Å²) in [5.74, 6) is -0.184. The van der Waals surface area contributed by atoms with Gasteiger partial charge in [0.15, 0.2) is 0 Å². The van der Waals surface area contributed by atoms with Crippen molar-refractivity contribution >= 4 is 22.5 Å². The van der Waals surface area contributed by atoms with Crippen LogP contribution in [-0.2, 0) is 6.54 Å². The molecule has 0 atom stereocenters. The summed E-state index contributed by atoms with van der Waals surface area (Å²) < 4.78 is 0. The number of aromatic nitrogens is 2. The van der Waals surface area contributed by atoms with E-state index in [9.17, 15) is 4.79 Å². The molecule has 0 unspecified atom stereocenters. The molecule has 0 radical (unpaired) electrons. The second kappa shape index (κ2) is 11.0. The van der Waals surface area contributed by atoms with Crippen LogP contribution in [0.2, 0.25) is 0 Å². The number of nitrogens with zero attached hydrogens (tertiary/aromatic N) is 3. The molecular formula is C33H40N4O. The van der Waals surface area contributed by atoms with E-state index >= 15 is 0 Å². The van der Waals surface area contributed by atoms with E-state index in [2.05, 4.69) is 87.9 Å². The van der Waals surface area contributed by atoms with E-state index in [0.29, 0.717) is 5.56 Å². The Kier molecular flexibility index (Phi) is 7.98. The van der Waals surface area contributed by atoms with Gasteiger partial charge in [0.25, 0.3) is 5.91 Å². The molecule has 4 rings (SSSR count). The van der Waals surface area contributed by atoms with Crippen molar-refractivity contribution in [2.45, 2.75) is 78.9 Å². The first-order valence-electron chi connectivity index (χ1n) is 13.5. The number of nitrogens with one attached hydrogen (secondary N) is 1. The highest BCUT2D eigenvalue weighted by molar-refractivity contribution is 6.05. The number of carbonyl (C=O) groups excluding carboxylic acids is 1. The maximum absolute atomic E-state index is 12.9. The largest absolute Gasteiger partial charge is 0.322 e. The van der Waals surface area contributed by atoms with E-state index in [1.54, 1.807) is 6.20 Å². The van der Waals surface area contributed by atoms with Gasteiger partial charge in [0.2, 0.25) is 0 Å². The van der Waals surface area contributed by atoms with Crippen molar-refractivity contribution in [2.75, 3.05) is 5.32 Å². The van der Waals surface area contributed by atoms with E-state index in [4.69, 9.17) is 4.98 Å². The molecule has 0 bridgehead atoms. The molecule has 0 aliphatic rings. The molecule has 0 spiro atoms. The predicted molar refractivity (Wildman–Crippen MR) is 158 cm³/mol. The third kappa shape index (κ3) is 6.46. The maximum Gasteiger partial charge on any atom is 0.257 e. The van der Waals surface area contributed by atoms with Crippen LogP contribution >= 0.6 is 0 Å². The van der Waals surface area contributed by atoms with Gasteiger partial charge in [-0.2, -0.15) is 0 Å². The number of fused-ring (bicyclic) bond motifs is 1. The summed E-state index contributed by atoms with van der Waals surface area (Å²) in [5, 5.41) is 4.00. The van der Waals surface area contributed by atoms with Crippen LogP contribution in [0.25, 0.3) is 22.2 Å². The van der Waals surface area contributed by atoms with Gasteiger partial charge < -0.3 is 5.32 Å². The fourth-order valence-electron chi connectivity index (χ4n) is 5.23. The summed E-state index contributed by atoms with van der Waals surface area (Å²) in [7, 11) is 0. The van der Waals surface area contributed by atoms with Crippen LogP contribution in [0.5, 0.6) is 0 Å². The van der Waals surface area contributed by atoms with Gasteiger partial charge in [-0.15, -0.1) is 0 Å². The molecule has 2 heterocycles. The highest BCUT2D eigenvalue weighted by Gasteiger charge is 2.34. The number of carbonyl (C=O) groups is 1. The molecular weight excluding hydrogens is 468 g/mol. The fourth-order valence-corrected chi connectivity index (χ4v) is 5.23. The van der Waals surface area contributed by atoms with Gasteiger partial charge in [-0.1, -0.05) is 49.2 Å². The van der Waals surface area contributed by atoms with Crippen LogP contribution in [-0.4, -0.2) is 31.9 Å². The van der Waals surface area contributed by atoms with Gasteiger partial charge in [0.1, 0.15) is 0 Å². The van der Waals surface area contributed by atoms with E-state index < -0.39 is 0 Å². The first-order valence-corrected chi connectivity index (χ1v) is 13.5. The number of amides is 1. The monoisotopic (exact) mass is 508 g/mol. The Morgan fingerprint density at radius 2 is 1.66 bits per heavy atom. The second-order valence-electron chi connectivity index (χ2n) is 11.8. The van der Waals surface area contributed by atoms with Gasteiger partial charge in [-0.05, 0) is 84.4 Å². The molecule has 198 valence electrons. The molecule has 1 amide bonds. The average molecular weight is 509 g/mol. The second-order valence-corrected chi connectivity index (χ2v) is 11.8. The molecule has 2 aromatic carbocycles. The van der Waals surface area contributed by atoms with E-state index in [1.165, 1.54) is 5.56 Å². The zero-order chi connectivity index (χ0) is 27.5. The zero-order valence-electron chi connectivity index (χ0n) is 23.8. The van der Waals surface area contributed by atoms with Crippen LogP contribution in [0.1, 0.15) is 76.0 Å². The van der Waals surface area contributed by atoms with Gasteiger partial charge in [0, 0.05) is 40.5 Å². The molecule has 5 heteroatoms. The summed E-state index contributed by atoms with van der Waals surface area (Å²) in [6, 6.07) is 22.0. The van der Waals surface area contributed by atoms with Crippen LogP contribution < -0.4 is 5.32 Å². The Balaban J connectivity index is 1.48. The summed E-state index contributed by atoms with van der Waals surface area (Å²) in [5.41, 5.74) is 6.41. The summed E-state index contributed by atoms with van der Waals surface area (Å²) in [6.07, 6.45) is 3.90. The van der Waals surface area contributed by atoms with Crippen LogP contribution in [0.15, 0.2) is 72.9 Å². The number of benzene rings is 2. The summed E-state index contributed by atoms with van der Waals surface area (Å²) >= 11 is 0. The van der Waals surface area contributed by atoms with Crippen molar-refractivity contribution in [1.29, 1.82) is 0 Å². The highest BCUT2D eigenvalue weighted by atomic mass is 16.1. The summed E-state index contributed by atoms with van der Waals surface area (Å²) in [6.45, 7) is 16.5. The number of hydrogen-bond donors (Lipinski definition) is 1. The van der Waals surface area contributed by atoms with E-state index in [0.717, 1.165) is 52.9 Å². The van der Waals surface area contributed by atoms with Crippen molar-refractivity contribution in [3.05, 3.63) is 89.7 Å². The molecule has 38 heavy (non-hydrogen) atoms. The lowest BCUT2D eigenvalue weighted by Gasteiger charge is -2.47. The van der Waals surface area contributed by atoms with Crippen molar-refractivity contribution in [3.8, 4) is 11.3 Å². The number of aryl methyl sites for hydroxylation is 1. The van der Waals surface area contributed by atoms with E-state index in [1.807, 2.05) is 42.5 Å². The minimum Gasteiger partial charge on any atom is -0.322 e. The lowest BCUT2D eigenvalue weighted by molar-refractivity contribution is 0.0115. The smallest absolute Gasteiger partial charge is 0.257 e. The normalized spacial score (nSPS) is 12.2. The van der Waals surface area contributed by atoms with Crippen molar-refractivity contribution in [2.24, 2.45) is 0 Å². The first kappa shape index (κ1) is 27.5. The Labute approximate surface area is 227 Å². The van der Waals surface area contributed by atoms with Crippen molar-refractivity contribution in [3.63, 3.8) is 0 Å². The van der Waals surface area contributed by atoms with Crippen LogP contribution in [0, 0.1) is 6.92 Å². The van der Waals surface area contributed by atoms with Crippen LogP contribution in [0.3, 0.4) is 0 Å². The quantitative estimate of drug-likeness (QED) is 0.262. The summed E-state index contributed by atoms with van der Waals surface area (Å²) in [4.78, 5) is 24.9. The van der Waals surface area contributed by atoms with Gasteiger partial charge in [-0.3, -0.25) is 19.7 Å². The van der Waals surface area contributed by atoms with Gasteiger partial charge in [0.05, 0.1) is 22.5 Å².